The molecule has 0 unspecified atom stereocenters. The lowest BCUT2D eigenvalue weighted by molar-refractivity contribution is 0.0997. The maximum absolute atomic E-state index is 11.3. The molecule has 0 aliphatic heterocycles. The van der Waals surface area contributed by atoms with Gasteiger partial charge in [0.05, 0.1) is 5.39 Å². The summed E-state index contributed by atoms with van der Waals surface area (Å²) in [5.74, 6) is -0.544. The van der Waals surface area contributed by atoms with E-state index in [1.165, 1.54) is 6.20 Å². The molecule has 0 aliphatic carbocycles. The Kier molecular flexibility index (Phi) is 1.71. The van der Waals surface area contributed by atoms with Crippen molar-refractivity contribution >= 4 is 27.8 Å². The molecule has 4 heteroatoms. The molecule has 16 heavy (non-hydrogen) atoms. The molecule has 0 saturated heterocycles. The van der Waals surface area contributed by atoms with Crippen LogP contribution in [0.2, 0.25) is 0 Å². The Hall–Kier alpha value is -2.36. The first-order chi connectivity index (χ1) is 7.77. The summed E-state index contributed by atoms with van der Waals surface area (Å²) in [5, 5.41) is 1.55. The van der Waals surface area contributed by atoms with Gasteiger partial charge in [-0.3, -0.25) is 9.78 Å². The molecular formula is C12H8N2O2. The zero-order valence-corrected chi connectivity index (χ0v) is 8.31. The third kappa shape index (κ3) is 1.10. The highest BCUT2D eigenvalue weighted by Crippen LogP contribution is 2.29. The smallest absolute Gasteiger partial charge is 0.268 e. The van der Waals surface area contributed by atoms with Gasteiger partial charge in [-0.25, -0.2) is 0 Å². The summed E-state index contributed by atoms with van der Waals surface area (Å²) < 4.78 is 5.60. The summed E-state index contributed by atoms with van der Waals surface area (Å²) in [6.07, 6.45) is 1.52. The van der Waals surface area contributed by atoms with Crippen LogP contribution in [0.1, 0.15) is 10.5 Å². The van der Waals surface area contributed by atoms with Gasteiger partial charge in [0.1, 0.15) is 16.9 Å². The first-order valence-corrected chi connectivity index (χ1v) is 4.83. The SMILES string of the molecule is NC(=O)c1nccc2oc3ccccc3c12. The average molecular weight is 212 g/mol. The highest BCUT2D eigenvalue weighted by atomic mass is 16.3. The monoisotopic (exact) mass is 212 g/mol. The lowest BCUT2D eigenvalue weighted by Crippen LogP contribution is -2.13. The maximum atomic E-state index is 11.3. The van der Waals surface area contributed by atoms with E-state index in [0.717, 1.165) is 11.0 Å². The number of benzene rings is 1. The highest BCUT2D eigenvalue weighted by molar-refractivity contribution is 6.14. The van der Waals surface area contributed by atoms with Gasteiger partial charge >= 0.3 is 0 Å². The quantitative estimate of drug-likeness (QED) is 0.671. The van der Waals surface area contributed by atoms with Gasteiger partial charge in [0.25, 0.3) is 5.91 Å². The summed E-state index contributed by atoms with van der Waals surface area (Å²) in [7, 11) is 0. The molecule has 0 bridgehead atoms. The molecule has 0 aliphatic rings. The van der Waals surface area contributed by atoms with Crippen molar-refractivity contribution in [2.75, 3.05) is 0 Å². The van der Waals surface area contributed by atoms with Crippen LogP contribution >= 0.6 is 0 Å². The zero-order chi connectivity index (χ0) is 11.1. The van der Waals surface area contributed by atoms with Crippen LogP contribution in [0.5, 0.6) is 0 Å². The maximum Gasteiger partial charge on any atom is 0.268 e. The standard InChI is InChI=1S/C12H8N2O2/c13-12(15)11-10-7-3-1-2-4-8(7)16-9(10)5-6-14-11/h1-6H,(H2,13,15). The predicted molar refractivity (Wildman–Crippen MR) is 60.0 cm³/mol. The molecule has 78 valence electrons. The number of hydrogen-bond donors (Lipinski definition) is 1. The van der Waals surface area contributed by atoms with E-state index in [9.17, 15) is 4.79 Å². The molecule has 3 aromatic rings. The summed E-state index contributed by atoms with van der Waals surface area (Å²) in [6.45, 7) is 0. The number of fused-ring (bicyclic) bond motifs is 3. The molecule has 2 heterocycles. The van der Waals surface area contributed by atoms with Crippen molar-refractivity contribution in [3.8, 4) is 0 Å². The van der Waals surface area contributed by atoms with Crippen LogP contribution in [0, 0.1) is 0 Å². The number of carbonyl (C=O) groups is 1. The van der Waals surface area contributed by atoms with Crippen LogP contribution in [0.25, 0.3) is 21.9 Å². The minimum Gasteiger partial charge on any atom is -0.456 e. The van der Waals surface area contributed by atoms with Gasteiger partial charge in [0.2, 0.25) is 0 Å². The van der Waals surface area contributed by atoms with Crippen LogP contribution in [0.15, 0.2) is 40.9 Å². The van der Waals surface area contributed by atoms with E-state index in [4.69, 9.17) is 10.2 Å². The largest absolute Gasteiger partial charge is 0.456 e. The number of amides is 1. The summed E-state index contributed by atoms with van der Waals surface area (Å²) >= 11 is 0. The van der Waals surface area contributed by atoms with Gasteiger partial charge in [0, 0.05) is 11.6 Å². The van der Waals surface area contributed by atoms with E-state index < -0.39 is 5.91 Å². The molecule has 0 radical (unpaired) electrons. The third-order valence-electron chi connectivity index (χ3n) is 2.52. The van der Waals surface area contributed by atoms with Gasteiger partial charge in [-0.1, -0.05) is 18.2 Å². The third-order valence-corrected chi connectivity index (χ3v) is 2.52. The minimum atomic E-state index is -0.544. The zero-order valence-electron chi connectivity index (χ0n) is 8.31. The molecule has 2 aromatic heterocycles. The van der Waals surface area contributed by atoms with Crippen molar-refractivity contribution in [2.24, 2.45) is 5.73 Å². The van der Waals surface area contributed by atoms with Gasteiger partial charge < -0.3 is 10.2 Å². The van der Waals surface area contributed by atoms with E-state index >= 15 is 0 Å². The number of nitrogens with zero attached hydrogens (tertiary/aromatic N) is 1. The fraction of sp³-hybridized carbons (Fsp3) is 0. The van der Waals surface area contributed by atoms with Crippen molar-refractivity contribution in [2.45, 2.75) is 0 Å². The normalized spacial score (nSPS) is 11.0. The highest BCUT2D eigenvalue weighted by Gasteiger charge is 2.14. The van der Waals surface area contributed by atoms with Crippen molar-refractivity contribution < 1.29 is 9.21 Å². The summed E-state index contributed by atoms with van der Waals surface area (Å²) in [6, 6.07) is 9.22. The van der Waals surface area contributed by atoms with Crippen LogP contribution < -0.4 is 5.73 Å². The Balaban J connectivity index is 2.57. The molecule has 4 nitrogen and oxygen atoms in total. The molecule has 0 saturated carbocycles. The molecule has 0 fully saturated rings. The molecule has 2 N–H and O–H groups in total. The van der Waals surface area contributed by atoms with Crippen molar-refractivity contribution in [3.63, 3.8) is 0 Å². The number of hydrogen-bond acceptors (Lipinski definition) is 3. The second-order valence-electron chi connectivity index (χ2n) is 3.50. The number of primary amides is 1. The fourth-order valence-electron chi connectivity index (χ4n) is 1.86. The average Bonchev–Trinajstić information content (AvgIpc) is 2.66. The topological polar surface area (TPSA) is 69.1 Å². The van der Waals surface area contributed by atoms with Crippen LogP contribution in [-0.4, -0.2) is 10.9 Å². The Morgan fingerprint density at radius 2 is 2.00 bits per heavy atom. The Morgan fingerprint density at radius 3 is 2.81 bits per heavy atom. The summed E-state index contributed by atoms with van der Waals surface area (Å²) in [4.78, 5) is 15.3. The number of carbonyl (C=O) groups excluding carboxylic acids is 1. The van der Waals surface area contributed by atoms with Crippen LogP contribution in [0.3, 0.4) is 0 Å². The number of pyridine rings is 1. The van der Waals surface area contributed by atoms with E-state index in [2.05, 4.69) is 4.98 Å². The molecular weight excluding hydrogens is 204 g/mol. The van der Waals surface area contributed by atoms with Crippen LogP contribution in [0.4, 0.5) is 0 Å². The lowest BCUT2D eigenvalue weighted by Gasteiger charge is -1.95. The first kappa shape index (κ1) is 8.91. The molecule has 1 aromatic carbocycles. The number of aromatic nitrogens is 1. The molecule has 0 atom stereocenters. The van der Waals surface area contributed by atoms with Crippen molar-refractivity contribution in [1.29, 1.82) is 0 Å². The Bertz CT molecular complexity index is 700. The van der Waals surface area contributed by atoms with Crippen molar-refractivity contribution in [3.05, 3.63) is 42.2 Å². The Labute approximate surface area is 90.7 Å². The lowest BCUT2D eigenvalue weighted by atomic mass is 10.1. The number of rotatable bonds is 1. The number of nitrogens with two attached hydrogens (primary N) is 1. The number of para-hydroxylation sites is 1. The molecule has 0 spiro atoms. The van der Waals surface area contributed by atoms with Gasteiger partial charge in [-0.15, -0.1) is 0 Å². The Morgan fingerprint density at radius 1 is 1.19 bits per heavy atom. The van der Waals surface area contributed by atoms with E-state index in [-0.39, 0.29) is 5.69 Å². The molecule has 1 amide bonds. The van der Waals surface area contributed by atoms with E-state index in [0.29, 0.717) is 11.0 Å². The van der Waals surface area contributed by atoms with Crippen LogP contribution in [-0.2, 0) is 0 Å². The van der Waals surface area contributed by atoms with Gasteiger partial charge in [-0.05, 0) is 12.1 Å². The first-order valence-electron chi connectivity index (χ1n) is 4.83. The van der Waals surface area contributed by atoms with E-state index in [1.807, 2.05) is 24.3 Å². The van der Waals surface area contributed by atoms with Gasteiger partial charge in [-0.2, -0.15) is 0 Å². The van der Waals surface area contributed by atoms with Crippen molar-refractivity contribution in [1.82, 2.24) is 4.98 Å². The second-order valence-corrected chi connectivity index (χ2v) is 3.50. The predicted octanol–water partition coefficient (Wildman–Crippen LogP) is 2.08. The molecule has 3 rings (SSSR count). The fourth-order valence-corrected chi connectivity index (χ4v) is 1.86. The second kappa shape index (κ2) is 3.06. The number of furan rings is 1. The van der Waals surface area contributed by atoms with Gasteiger partial charge in [0.15, 0.2) is 0 Å². The summed E-state index contributed by atoms with van der Waals surface area (Å²) in [5.41, 5.74) is 6.90. The minimum absolute atomic E-state index is 0.252. The van der Waals surface area contributed by atoms with E-state index in [1.54, 1.807) is 6.07 Å².